The van der Waals surface area contributed by atoms with E-state index in [0.29, 0.717) is 5.69 Å². The van der Waals surface area contributed by atoms with Crippen LogP contribution in [0.4, 0.5) is 0 Å². The van der Waals surface area contributed by atoms with E-state index < -0.39 is 5.97 Å². The Hall–Kier alpha value is -1.33. The molecule has 1 rings (SSSR count). The molecule has 0 aromatic carbocycles. The number of hydrogen-bond donors (Lipinski definition) is 0. The smallest absolute Gasteiger partial charge is 0.378 e. The van der Waals surface area contributed by atoms with Crippen LogP contribution in [0.3, 0.4) is 0 Å². The molecular formula is C7H12BN3O2. The van der Waals surface area contributed by atoms with Crippen LogP contribution in [-0.4, -0.2) is 29.0 Å². The first-order valence-corrected chi connectivity index (χ1v) is 3.97. The van der Waals surface area contributed by atoms with E-state index in [0.717, 1.165) is 0 Å². The highest BCUT2D eigenvalue weighted by atomic mass is 16.5. The Balaban J connectivity index is 0.000000671. The number of hydrogen-bond acceptors (Lipinski definition) is 4. The average Bonchev–Trinajstić information content (AvgIpc) is 2.54. The fraction of sp³-hybridized carbons (Fsp3) is 0.571. The number of aromatic nitrogens is 3. The fourth-order valence-electron chi connectivity index (χ4n) is 0.666. The zero-order chi connectivity index (χ0) is 10.3. The van der Waals surface area contributed by atoms with Crippen LogP contribution in [0.1, 0.15) is 19.5 Å². The molecule has 0 atom stereocenters. The maximum atomic E-state index is 10.6. The number of carbonyl (C=O) groups is 1. The van der Waals surface area contributed by atoms with Gasteiger partial charge in [-0.3, -0.25) is 9.48 Å². The molecule has 0 aliphatic rings. The van der Waals surface area contributed by atoms with Gasteiger partial charge in [0.2, 0.25) is 0 Å². The average molecular weight is 181 g/mol. The summed E-state index contributed by atoms with van der Waals surface area (Å²) in [5, 5.41) is 7.28. The number of nitrogens with zero attached hydrogens (tertiary/aromatic N) is 3. The predicted molar refractivity (Wildman–Crippen MR) is 47.9 cm³/mol. The Labute approximate surface area is 78.5 Å². The molecule has 1 heterocycles. The lowest BCUT2D eigenvalue weighted by Gasteiger charge is -1.92. The van der Waals surface area contributed by atoms with Crippen LogP contribution in [-0.2, 0) is 22.9 Å². The van der Waals surface area contributed by atoms with Gasteiger partial charge in [0, 0.05) is 13.2 Å². The van der Waals surface area contributed by atoms with E-state index in [9.17, 15) is 4.79 Å². The first-order chi connectivity index (χ1) is 6.22. The highest BCUT2D eigenvalue weighted by Crippen LogP contribution is 1.93. The van der Waals surface area contributed by atoms with Crippen molar-refractivity contribution in [2.45, 2.75) is 20.3 Å². The van der Waals surface area contributed by atoms with Crippen LogP contribution in [0.15, 0.2) is 6.20 Å². The van der Waals surface area contributed by atoms with Gasteiger partial charge in [0.1, 0.15) is 0 Å². The summed E-state index contributed by atoms with van der Waals surface area (Å²) in [6, 6.07) is 0. The normalized spacial score (nSPS) is 8.54. The molecule has 2 radical (unpaired) electrons. The lowest BCUT2D eigenvalue weighted by molar-refractivity contribution is -0.133. The van der Waals surface area contributed by atoms with Gasteiger partial charge in [0.25, 0.3) is 5.97 Å². The molecule has 1 aromatic rings. The van der Waals surface area contributed by atoms with Gasteiger partial charge in [-0.05, 0) is 0 Å². The van der Waals surface area contributed by atoms with Crippen LogP contribution in [0.2, 0.25) is 0 Å². The van der Waals surface area contributed by atoms with Crippen molar-refractivity contribution in [1.29, 1.82) is 0 Å². The maximum absolute atomic E-state index is 10.6. The zero-order valence-corrected chi connectivity index (χ0v) is 8.02. The Kier molecular flexibility index (Phi) is 5.59. The molecule has 6 heteroatoms. The summed E-state index contributed by atoms with van der Waals surface area (Å²) in [5.41, 5.74) is 0.544. The van der Waals surface area contributed by atoms with E-state index in [2.05, 4.69) is 23.0 Å². The third-order valence-electron chi connectivity index (χ3n) is 1.11. The third kappa shape index (κ3) is 4.30. The minimum absolute atomic E-state index is 0.0599. The Bertz CT molecular complexity index is 262. The Morgan fingerprint density at radius 1 is 1.69 bits per heavy atom. The van der Waals surface area contributed by atoms with Crippen LogP contribution in [0.25, 0.3) is 0 Å². The van der Waals surface area contributed by atoms with Gasteiger partial charge in [0.05, 0.1) is 12.1 Å². The molecule has 1 aromatic heterocycles. The van der Waals surface area contributed by atoms with E-state index in [-0.39, 0.29) is 6.42 Å². The Morgan fingerprint density at radius 2 is 2.31 bits per heavy atom. The molecule has 0 aliphatic carbocycles. The second-order valence-corrected chi connectivity index (χ2v) is 2.05. The molecule has 0 unspecified atom stereocenters. The van der Waals surface area contributed by atoms with Crippen molar-refractivity contribution < 1.29 is 9.45 Å². The molecule has 0 saturated heterocycles. The van der Waals surface area contributed by atoms with Gasteiger partial charge in [0.15, 0.2) is 0 Å². The quantitative estimate of drug-likeness (QED) is 0.603. The number of carbonyl (C=O) groups excluding carboxylic acids is 1. The highest BCUT2D eigenvalue weighted by molar-refractivity contribution is 6.05. The molecule has 0 spiro atoms. The summed E-state index contributed by atoms with van der Waals surface area (Å²) in [6.45, 7) is 4.00. The van der Waals surface area contributed by atoms with Crippen LogP contribution < -0.4 is 0 Å². The van der Waals surface area contributed by atoms with Gasteiger partial charge in [-0.15, -0.1) is 5.10 Å². The van der Waals surface area contributed by atoms with Crippen LogP contribution in [0.5, 0.6) is 0 Å². The van der Waals surface area contributed by atoms with Crippen molar-refractivity contribution in [3.8, 4) is 0 Å². The van der Waals surface area contributed by atoms with Crippen molar-refractivity contribution in [2.24, 2.45) is 7.05 Å². The molecule has 0 amide bonds. The maximum Gasteiger partial charge on any atom is 0.378 e. The topological polar surface area (TPSA) is 57.0 Å². The van der Waals surface area contributed by atoms with Crippen LogP contribution >= 0.6 is 0 Å². The van der Waals surface area contributed by atoms with Crippen molar-refractivity contribution >= 4 is 14.0 Å². The monoisotopic (exact) mass is 181 g/mol. The number of rotatable bonds is 2. The first-order valence-electron chi connectivity index (χ1n) is 3.97. The summed E-state index contributed by atoms with van der Waals surface area (Å²) < 4.78 is 5.45. The molecular weight excluding hydrogens is 169 g/mol. The molecule has 0 fully saturated rings. The number of aryl methyl sites for hydroxylation is 1. The van der Waals surface area contributed by atoms with Crippen molar-refractivity contribution in [2.75, 3.05) is 0 Å². The minimum Gasteiger partial charge on any atom is -0.543 e. The van der Waals surface area contributed by atoms with E-state index in [4.69, 9.17) is 0 Å². The standard InChI is InChI=1S/C5H6BN3O2.C2H6/c1-9-3-4(7-8-9)2-5(10)11-6;1-2/h3H,2H2,1H3;1-2H3. The second kappa shape index (κ2) is 6.22. The van der Waals surface area contributed by atoms with E-state index in [1.807, 2.05) is 13.8 Å². The summed E-state index contributed by atoms with van der Waals surface area (Å²) in [5.74, 6) is -0.523. The lowest BCUT2D eigenvalue weighted by atomic mass is 10.3. The summed E-state index contributed by atoms with van der Waals surface area (Å²) in [7, 11) is 6.33. The molecule has 13 heavy (non-hydrogen) atoms. The van der Waals surface area contributed by atoms with Gasteiger partial charge in [-0.1, -0.05) is 19.1 Å². The molecule has 70 valence electrons. The summed E-state index contributed by atoms with van der Waals surface area (Å²) in [6.07, 6.45) is 1.68. The van der Waals surface area contributed by atoms with Gasteiger partial charge >= 0.3 is 8.05 Å². The molecule has 0 N–H and O–H groups in total. The first kappa shape index (κ1) is 11.7. The van der Waals surface area contributed by atoms with Crippen molar-refractivity contribution in [3.63, 3.8) is 0 Å². The summed E-state index contributed by atoms with van der Waals surface area (Å²) >= 11 is 0. The van der Waals surface area contributed by atoms with Crippen molar-refractivity contribution in [1.82, 2.24) is 15.0 Å². The van der Waals surface area contributed by atoms with Crippen LogP contribution in [0, 0.1) is 0 Å². The van der Waals surface area contributed by atoms with E-state index in [1.54, 1.807) is 13.2 Å². The van der Waals surface area contributed by atoms with E-state index >= 15 is 0 Å². The Morgan fingerprint density at radius 3 is 2.69 bits per heavy atom. The molecule has 0 saturated carbocycles. The van der Waals surface area contributed by atoms with E-state index in [1.165, 1.54) is 4.68 Å². The SMILES string of the molecule is CC.[B]OC(=O)Cc1cn(C)nn1. The third-order valence-corrected chi connectivity index (χ3v) is 1.11. The summed E-state index contributed by atoms with van der Waals surface area (Å²) in [4.78, 5) is 10.6. The largest absolute Gasteiger partial charge is 0.543 e. The fourth-order valence-corrected chi connectivity index (χ4v) is 0.666. The molecule has 5 nitrogen and oxygen atoms in total. The predicted octanol–water partition coefficient (Wildman–Crippen LogP) is 0.0105. The van der Waals surface area contributed by atoms with Crippen molar-refractivity contribution in [3.05, 3.63) is 11.9 Å². The molecule has 0 aliphatic heterocycles. The van der Waals surface area contributed by atoms with Gasteiger partial charge < -0.3 is 4.65 Å². The minimum atomic E-state index is -0.523. The highest BCUT2D eigenvalue weighted by Gasteiger charge is 2.04. The molecule has 0 bridgehead atoms. The lowest BCUT2D eigenvalue weighted by Crippen LogP contribution is -2.05. The zero-order valence-electron chi connectivity index (χ0n) is 8.02. The second-order valence-electron chi connectivity index (χ2n) is 2.05. The van der Waals surface area contributed by atoms with Gasteiger partial charge in [-0.25, -0.2) is 0 Å². The van der Waals surface area contributed by atoms with Gasteiger partial charge in [-0.2, -0.15) is 0 Å².